The molecule has 0 bridgehead atoms. The van der Waals surface area contributed by atoms with Gasteiger partial charge in [0.2, 0.25) is 11.8 Å². The van der Waals surface area contributed by atoms with Crippen molar-refractivity contribution in [1.82, 2.24) is 20.3 Å². The van der Waals surface area contributed by atoms with Gasteiger partial charge in [-0.25, -0.2) is 9.78 Å². The maximum absolute atomic E-state index is 13.0. The number of fused-ring (bicyclic) bond motifs is 1. The summed E-state index contributed by atoms with van der Waals surface area (Å²) in [6, 6.07) is 6.39. The van der Waals surface area contributed by atoms with E-state index < -0.39 is 41.2 Å². The molecule has 1 N–H and O–H groups in total. The van der Waals surface area contributed by atoms with Gasteiger partial charge in [-0.05, 0) is 57.5 Å². The summed E-state index contributed by atoms with van der Waals surface area (Å²) in [7, 11) is 0. The minimum absolute atomic E-state index is 0.0235. The Morgan fingerprint density at radius 2 is 1.75 bits per heavy atom. The average molecular weight is 550 g/mol. The molecule has 1 aromatic heterocycles. The molecule has 0 saturated carbocycles. The Hall–Kier alpha value is -4.81. The highest BCUT2D eigenvalue weighted by Crippen LogP contribution is 2.31. The number of aromatic nitrogens is 1. The number of hydrogen-bond acceptors (Lipinski definition) is 10. The third kappa shape index (κ3) is 5.22. The zero-order valence-corrected chi connectivity index (χ0v) is 22.1. The Morgan fingerprint density at radius 3 is 2.40 bits per heavy atom. The Morgan fingerprint density at radius 1 is 1.00 bits per heavy atom. The number of anilines is 1. The minimum atomic E-state index is -1.07. The van der Waals surface area contributed by atoms with Crippen molar-refractivity contribution in [3.63, 3.8) is 0 Å². The lowest BCUT2D eigenvalue weighted by molar-refractivity contribution is -0.158. The van der Waals surface area contributed by atoms with Crippen LogP contribution in [-0.2, 0) is 19.1 Å². The van der Waals surface area contributed by atoms with Crippen LogP contribution in [0.4, 0.5) is 5.82 Å². The Labute approximate surface area is 229 Å². The summed E-state index contributed by atoms with van der Waals surface area (Å²) in [6.07, 6.45) is 1.48. The number of rotatable bonds is 5. The third-order valence-corrected chi connectivity index (χ3v) is 6.51. The van der Waals surface area contributed by atoms with Crippen molar-refractivity contribution in [2.75, 3.05) is 24.5 Å². The fourth-order valence-electron chi connectivity index (χ4n) is 4.61. The molecule has 2 saturated heterocycles. The van der Waals surface area contributed by atoms with E-state index in [0.29, 0.717) is 17.9 Å². The highest BCUT2D eigenvalue weighted by molar-refractivity contribution is 6.23. The van der Waals surface area contributed by atoms with E-state index >= 15 is 0 Å². The van der Waals surface area contributed by atoms with E-state index in [1.54, 1.807) is 37.8 Å². The lowest BCUT2D eigenvalue weighted by Gasteiger charge is -2.34. The first-order chi connectivity index (χ1) is 18.9. The average Bonchev–Trinajstić information content (AvgIpc) is 3.13. The molecule has 3 aliphatic rings. The van der Waals surface area contributed by atoms with E-state index in [4.69, 9.17) is 9.57 Å². The van der Waals surface area contributed by atoms with Crippen molar-refractivity contribution in [2.45, 2.75) is 45.3 Å². The number of carbonyl (C=O) groups excluding carboxylic acids is 6. The van der Waals surface area contributed by atoms with Gasteiger partial charge in [0.15, 0.2) is 5.75 Å². The van der Waals surface area contributed by atoms with Gasteiger partial charge in [0, 0.05) is 19.2 Å². The summed E-state index contributed by atoms with van der Waals surface area (Å²) in [5.74, 6) is -2.62. The van der Waals surface area contributed by atoms with E-state index in [0.717, 1.165) is 9.96 Å². The number of nitrogens with zero attached hydrogens (tertiary/aromatic N) is 4. The number of esters is 1. The normalized spacial score (nSPS) is 19.5. The topological polar surface area (TPSA) is 156 Å². The monoisotopic (exact) mass is 549 g/mol. The Kier molecular flexibility index (Phi) is 6.74. The number of pyridine rings is 1. The summed E-state index contributed by atoms with van der Waals surface area (Å²) in [4.78, 5) is 87.3. The number of piperidine rings is 1. The molecule has 13 heteroatoms. The van der Waals surface area contributed by atoms with E-state index in [2.05, 4.69) is 10.3 Å². The lowest BCUT2D eigenvalue weighted by atomic mass is 10.0. The molecule has 0 spiro atoms. The van der Waals surface area contributed by atoms with Crippen LogP contribution in [0, 0.1) is 0 Å². The third-order valence-electron chi connectivity index (χ3n) is 6.51. The van der Waals surface area contributed by atoms with Crippen molar-refractivity contribution in [1.29, 1.82) is 0 Å². The van der Waals surface area contributed by atoms with Gasteiger partial charge in [-0.3, -0.25) is 34.2 Å². The number of piperazine rings is 1. The first-order valence-electron chi connectivity index (χ1n) is 12.7. The molecular formula is C27H27N5O8. The van der Waals surface area contributed by atoms with E-state index in [-0.39, 0.29) is 48.7 Å². The first kappa shape index (κ1) is 26.8. The molecule has 4 heterocycles. The molecule has 0 radical (unpaired) electrons. The lowest BCUT2D eigenvalue weighted by Crippen LogP contribution is -2.54. The van der Waals surface area contributed by atoms with Crippen LogP contribution >= 0.6 is 0 Å². The largest absolute Gasteiger partial charge is 0.456 e. The van der Waals surface area contributed by atoms with Gasteiger partial charge in [-0.2, -0.15) is 5.06 Å². The van der Waals surface area contributed by atoms with Crippen LogP contribution in [0.1, 0.15) is 64.7 Å². The van der Waals surface area contributed by atoms with Crippen molar-refractivity contribution < 1.29 is 38.3 Å². The van der Waals surface area contributed by atoms with Crippen LogP contribution in [0.15, 0.2) is 36.5 Å². The SMILES string of the molecule is CC(C)(C)OC(=O)c1ccc(N2CCN(Oc3ccc4c(c3)C(=O)N(C3CCC(=O)NC3=O)C4=O)C(=O)C2)nc1. The van der Waals surface area contributed by atoms with Gasteiger partial charge in [0.1, 0.15) is 24.0 Å². The zero-order valence-electron chi connectivity index (χ0n) is 22.1. The number of amides is 5. The second-order valence-electron chi connectivity index (χ2n) is 10.6. The summed E-state index contributed by atoms with van der Waals surface area (Å²) >= 11 is 0. The van der Waals surface area contributed by atoms with Gasteiger partial charge in [-0.15, -0.1) is 0 Å². The van der Waals surface area contributed by atoms with Crippen LogP contribution in [0.5, 0.6) is 5.75 Å². The molecule has 13 nitrogen and oxygen atoms in total. The number of benzene rings is 1. The van der Waals surface area contributed by atoms with Gasteiger partial charge < -0.3 is 14.5 Å². The minimum Gasteiger partial charge on any atom is -0.456 e. The quantitative estimate of drug-likeness (QED) is 0.423. The summed E-state index contributed by atoms with van der Waals surface area (Å²) in [6.45, 7) is 5.85. The number of ether oxygens (including phenoxy) is 1. The van der Waals surface area contributed by atoms with Gasteiger partial charge in [0.25, 0.3) is 17.7 Å². The number of imide groups is 2. The zero-order chi connectivity index (χ0) is 28.8. The number of hydroxylamine groups is 2. The maximum atomic E-state index is 13.0. The van der Waals surface area contributed by atoms with Gasteiger partial charge in [0.05, 0.1) is 23.2 Å². The predicted octanol–water partition coefficient (Wildman–Crippen LogP) is 1.08. The van der Waals surface area contributed by atoms with E-state index in [1.165, 1.54) is 24.4 Å². The fraction of sp³-hybridized carbons (Fsp3) is 0.370. The maximum Gasteiger partial charge on any atom is 0.340 e. The van der Waals surface area contributed by atoms with E-state index in [9.17, 15) is 28.8 Å². The van der Waals surface area contributed by atoms with Crippen molar-refractivity contribution in [2.24, 2.45) is 0 Å². The molecule has 2 aromatic rings. The molecule has 5 amide bonds. The molecule has 1 aromatic carbocycles. The Balaban J connectivity index is 1.22. The summed E-state index contributed by atoms with van der Waals surface area (Å²) < 4.78 is 5.34. The predicted molar refractivity (Wildman–Crippen MR) is 137 cm³/mol. The fourth-order valence-corrected chi connectivity index (χ4v) is 4.61. The molecule has 0 aliphatic carbocycles. The second-order valence-corrected chi connectivity index (χ2v) is 10.6. The van der Waals surface area contributed by atoms with Crippen LogP contribution in [-0.4, -0.2) is 81.7 Å². The molecular weight excluding hydrogens is 522 g/mol. The number of carbonyl (C=O) groups is 6. The summed E-state index contributed by atoms with van der Waals surface area (Å²) in [5, 5.41) is 3.31. The van der Waals surface area contributed by atoms with E-state index in [1.807, 2.05) is 0 Å². The first-order valence-corrected chi connectivity index (χ1v) is 12.7. The summed E-state index contributed by atoms with van der Waals surface area (Å²) in [5.41, 5.74) is -0.174. The van der Waals surface area contributed by atoms with Gasteiger partial charge >= 0.3 is 5.97 Å². The van der Waals surface area contributed by atoms with Crippen LogP contribution in [0.3, 0.4) is 0 Å². The van der Waals surface area contributed by atoms with Gasteiger partial charge in [-0.1, -0.05) is 0 Å². The highest BCUT2D eigenvalue weighted by atomic mass is 16.7. The molecule has 3 aliphatic heterocycles. The van der Waals surface area contributed by atoms with Crippen LogP contribution < -0.4 is 15.1 Å². The standard InChI is InChI=1S/C27H27N5O8/c1-27(2,3)39-26(38)15-4-8-20(28-13-15)30-10-11-31(22(34)14-30)40-16-5-6-17-18(12-16)25(37)32(24(17)36)19-7-9-21(33)29-23(19)35/h4-6,8,12-13,19H,7,9-11,14H2,1-3H3,(H,29,33,35). The number of hydrogen-bond donors (Lipinski definition) is 1. The van der Waals surface area contributed by atoms with Crippen LogP contribution in [0.25, 0.3) is 0 Å². The van der Waals surface area contributed by atoms with Crippen molar-refractivity contribution in [3.8, 4) is 5.75 Å². The highest BCUT2D eigenvalue weighted by Gasteiger charge is 2.45. The molecule has 208 valence electrons. The molecule has 40 heavy (non-hydrogen) atoms. The molecule has 2 fully saturated rings. The van der Waals surface area contributed by atoms with Crippen LogP contribution in [0.2, 0.25) is 0 Å². The second kappa shape index (κ2) is 10.1. The van der Waals surface area contributed by atoms with Crippen molar-refractivity contribution in [3.05, 3.63) is 53.2 Å². The molecule has 1 unspecified atom stereocenters. The smallest absolute Gasteiger partial charge is 0.340 e. The molecule has 1 atom stereocenters. The molecule has 5 rings (SSSR count). The van der Waals surface area contributed by atoms with Crippen molar-refractivity contribution >= 4 is 41.3 Å². The number of nitrogens with one attached hydrogen (secondary N) is 1. The Bertz CT molecular complexity index is 1430.